The molecule has 0 unspecified atom stereocenters. The minimum Gasteiger partial charge on any atom is -0.229 e. The van der Waals surface area contributed by atoms with Gasteiger partial charge in [-0.3, -0.25) is 0 Å². The van der Waals surface area contributed by atoms with Gasteiger partial charge in [0.25, 0.3) is 0 Å². The molecular formula is C14H20FNO4S2. The van der Waals surface area contributed by atoms with Crippen LogP contribution in [0.2, 0.25) is 0 Å². The van der Waals surface area contributed by atoms with Gasteiger partial charge in [0.15, 0.2) is 9.84 Å². The molecule has 22 heavy (non-hydrogen) atoms. The van der Waals surface area contributed by atoms with E-state index in [1.165, 1.54) is 16.4 Å². The lowest BCUT2D eigenvalue weighted by Gasteiger charge is -2.28. The molecular weight excluding hydrogens is 329 g/mol. The van der Waals surface area contributed by atoms with Crippen molar-refractivity contribution in [2.45, 2.75) is 31.2 Å². The minimum absolute atomic E-state index is 0.00516. The lowest BCUT2D eigenvalue weighted by Crippen LogP contribution is -2.43. The van der Waals surface area contributed by atoms with Gasteiger partial charge >= 0.3 is 0 Å². The van der Waals surface area contributed by atoms with Gasteiger partial charge in [-0.05, 0) is 36.6 Å². The van der Waals surface area contributed by atoms with E-state index in [9.17, 15) is 21.2 Å². The Bertz CT molecular complexity index is 727. The van der Waals surface area contributed by atoms with Gasteiger partial charge in [0.1, 0.15) is 5.82 Å². The molecule has 8 heteroatoms. The highest BCUT2D eigenvalue weighted by molar-refractivity contribution is 7.92. The van der Waals surface area contributed by atoms with E-state index in [-0.39, 0.29) is 28.9 Å². The average molecular weight is 349 g/mol. The molecule has 0 aliphatic carbocycles. The molecule has 0 radical (unpaired) electrons. The van der Waals surface area contributed by atoms with Crippen LogP contribution in [-0.2, 0) is 19.9 Å². The molecule has 1 aromatic carbocycles. The van der Waals surface area contributed by atoms with Crippen molar-refractivity contribution in [1.29, 1.82) is 0 Å². The highest BCUT2D eigenvalue weighted by atomic mass is 32.2. The average Bonchev–Trinajstić information content (AvgIpc) is 2.76. The molecule has 0 saturated carbocycles. The molecule has 0 spiro atoms. The number of sulfone groups is 1. The zero-order chi connectivity index (χ0) is 16.5. The first-order valence-electron chi connectivity index (χ1n) is 7.09. The van der Waals surface area contributed by atoms with E-state index in [1.54, 1.807) is 0 Å². The van der Waals surface area contributed by atoms with Crippen LogP contribution in [-0.4, -0.2) is 45.2 Å². The van der Waals surface area contributed by atoms with Crippen LogP contribution in [0.1, 0.15) is 20.3 Å². The summed E-state index contributed by atoms with van der Waals surface area (Å²) in [5, 5.41) is 0. The molecule has 2 rings (SSSR count). The fourth-order valence-electron chi connectivity index (χ4n) is 2.55. The first kappa shape index (κ1) is 17.4. The number of hydrogen-bond acceptors (Lipinski definition) is 4. The maximum atomic E-state index is 13.0. The van der Waals surface area contributed by atoms with Gasteiger partial charge < -0.3 is 0 Å². The maximum Gasteiger partial charge on any atom is 0.243 e. The van der Waals surface area contributed by atoms with Crippen molar-refractivity contribution >= 4 is 19.9 Å². The number of rotatable bonds is 5. The highest BCUT2D eigenvalue weighted by Crippen LogP contribution is 2.26. The van der Waals surface area contributed by atoms with Crippen LogP contribution in [0.25, 0.3) is 0 Å². The molecule has 0 aromatic heterocycles. The smallest absolute Gasteiger partial charge is 0.229 e. The summed E-state index contributed by atoms with van der Waals surface area (Å²) in [6.07, 6.45) is 0.301. The van der Waals surface area contributed by atoms with Gasteiger partial charge in [-0.15, -0.1) is 0 Å². The fraction of sp³-hybridized carbons (Fsp3) is 0.571. The molecule has 1 atom stereocenters. The molecule has 1 fully saturated rings. The second kappa shape index (κ2) is 6.25. The van der Waals surface area contributed by atoms with Gasteiger partial charge in [0, 0.05) is 12.6 Å². The molecule has 0 bridgehead atoms. The summed E-state index contributed by atoms with van der Waals surface area (Å²) in [5.41, 5.74) is 0. The van der Waals surface area contributed by atoms with E-state index < -0.39 is 31.7 Å². The highest BCUT2D eigenvalue weighted by Gasteiger charge is 2.38. The van der Waals surface area contributed by atoms with Gasteiger partial charge in [0.2, 0.25) is 10.0 Å². The molecule has 1 saturated heterocycles. The number of benzene rings is 1. The topological polar surface area (TPSA) is 71.5 Å². The second-order valence-corrected chi connectivity index (χ2v) is 10.1. The summed E-state index contributed by atoms with van der Waals surface area (Å²) in [6, 6.07) is 4.04. The Hall–Kier alpha value is -0.990. The molecule has 0 N–H and O–H groups in total. The van der Waals surface area contributed by atoms with Crippen LogP contribution in [0.5, 0.6) is 0 Å². The van der Waals surface area contributed by atoms with Crippen molar-refractivity contribution in [3.05, 3.63) is 30.1 Å². The molecule has 1 aromatic rings. The molecule has 1 aliphatic rings. The van der Waals surface area contributed by atoms with Crippen molar-refractivity contribution < 1.29 is 21.2 Å². The van der Waals surface area contributed by atoms with Crippen molar-refractivity contribution in [2.75, 3.05) is 18.1 Å². The summed E-state index contributed by atoms with van der Waals surface area (Å²) in [5.74, 6) is -0.609. The minimum atomic E-state index is -3.84. The Balaban J connectivity index is 2.38. The number of nitrogens with zero attached hydrogens (tertiary/aromatic N) is 1. The predicted molar refractivity (Wildman–Crippen MR) is 82.2 cm³/mol. The van der Waals surface area contributed by atoms with E-state index in [0.717, 1.165) is 12.1 Å². The Labute approximate surface area is 131 Å². The first-order chi connectivity index (χ1) is 10.1. The Morgan fingerprint density at radius 3 is 2.32 bits per heavy atom. The first-order valence-corrected chi connectivity index (χ1v) is 10.4. The number of hydrogen-bond donors (Lipinski definition) is 0. The van der Waals surface area contributed by atoms with E-state index in [2.05, 4.69) is 0 Å². The summed E-state index contributed by atoms with van der Waals surface area (Å²) in [7, 11) is -7.04. The van der Waals surface area contributed by atoms with Crippen LogP contribution < -0.4 is 0 Å². The fourth-order valence-corrected chi connectivity index (χ4v) is 6.19. The summed E-state index contributed by atoms with van der Waals surface area (Å²) in [4.78, 5) is -0.0150. The summed E-state index contributed by atoms with van der Waals surface area (Å²) >= 11 is 0. The third-order valence-electron chi connectivity index (χ3n) is 3.58. The van der Waals surface area contributed by atoms with Crippen LogP contribution >= 0.6 is 0 Å². The largest absolute Gasteiger partial charge is 0.243 e. The third kappa shape index (κ3) is 3.85. The lowest BCUT2D eigenvalue weighted by atomic mass is 10.2. The van der Waals surface area contributed by atoms with E-state index in [0.29, 0.717) is 6.42 Å². The predicted octanol–water partition coefficient (Wildman–Crippen LogP) is 1.66. The van der Waals surface area contributed by atoms with Gasteiger partial charge in [-0.1, -0.05) is 13.8 Å². The van der Waals surface area contributed by atoms with Crippen LogP contribution in [0.4, 0.5) is 4.39 Å². The lowest BCUT2D eigenvalue weighted by molar-refractivity contribution is 0.308. The maximum absolute atomic E-state index is 13.0. The molecule has 5 nitrogen and oxygen atoms in total. The zero-order valence-corrected chi connectivity index (χ0v) is 14.2. The van der Waals surface area contributed by atoms with Crippen LogP contribution in [0, 0.1) is 11.7 Å². The number of sulfonamides is 1. The summed E-state index contributed by atoms with van der Waals surface area (Å²) in [6.45, 7) is 3.98. The van der Waals surface area contributed by atoms with Crippen molar-refractivity contribution in [3.8, 4) is 0 Å². The van der Waals surface area contributed by atoms with E-state index in [1.807, 2.05) is 13.8 Å². The third-order valence-corrected chi connectivity index (χ3v) is 7.26. The quantitative estimate of drug-likeness (QED) is 0.810. The van der Waals surface area contributed by atoms with Crippen molar-refractivity contribution in [3.63, 3.8) is 0 Å². The van der Waals surface area contributed by atoms with Crippen molar-refractivity contribution in [2.24, 2.45) is 5.92 Å². The Morgan fingerprint density at radius 2 is 1.86 bits per heavy atom. The number of halogens is 1. The molecule has 124 valence electrons. The van der Waals surface area contributed by atoms with Crippen LogP contribution in [0.15, 0.2) is 29.2 Å². The second-order valence-electron chi connectivity index (χ2n) is 5.98. The summed E-state index contributed by atoms with van der Waals surface area (Å²) < 4.78 is 63.2. The van der Waals surface area contributed by atoms with Gasteiger partial charge in [-0.25, -0.2) is 21.2 Å². The van der Waals surface area contributed by atoms with Crippen molar-refractivity contribution in [1.82, 2.24) is 4.31 Å². The normalized spacial score (nSPS) is 21.6. The van der Waals surface area contributed by atoms with Crippen LogP contribution in [0.3, 0.4) is 0 Å². The molecule has 0 amide bonds. The molecule has 1 heterocycles. The van der Waals surface area contributed by atoms with Gasteiger partial charge in [-0.2, -0.15) is 4.31 Å². The van der Waals surface area contributed by atoms with E-state index in [4.69, 9.17) is 0 Å². The van der Waals surface area contributed by atoms with E-state index >= 15 is 0 Å². The monoisotopic (exact) mass is 349 g/mol. The SMILES string of the molecule is CC(C)CN([C@@H]1CCS(=O)(=O)C1)S(=O)(=O)c1ccc(F)cc1. The zero-order valence-electron chi connectivity index (χ0n) is 12.6. The van der Waals surface area contributed by atoms with Gasteiger partial charge in [0.05, 0.1) is 16.4 Å². The Kier molecular flexibility index (Phi) is 4.93. The Morgan fingerprint density at radius 1 is 1.27 bits per heavy atom. The standard InChI is InChI=1S/C14H20FNO4S2/c1-11(2)9-16(13-7-8-21(17,18)10-13)22(19,20)14-5-3-12(15)4-6-14/h3-6,11,13H,7-10H2,1-2H3/t13-/m1/s1. The molecule has 1 aliphatic heterocycles.